The van der Waals surface area contributed by atoms with E-state index in [1.54, 1.807) is 37.3 Å². The normalized spacial score (nSPS) is 20.2. The molecule has 3 aliphatic rings. The molecule has 4 heterocycles. The van der Waals surface area contributed by atoms with Gasteiger partial charge < -0.3 is 19.4 Å². The number of anilines is 1. The quantitative estimate of drug-likeness (QED) is 0.237. The molecule has 0 N–H and O–H groups in total. The number of nitrogens with zero attached hydrogens (tertiary/aromatic N) is 6. The first-order valence-corrected chi connectivity index (χ1v) is 19.7. The molecular formula is C39H48N6O5S. The number of benzene rings is 2. The molecule has 0 saturated carbocycles. The lowest BCUT2D eigenvalue weighted by Gasteiger charge is -2.45. The monoisotopic (exact) mass is 712 g/mol. The van der Waals surface area contributed by atoms with Gasteiger partial charge in [0.2, 0.25) is 5.88 Å². The van der Waals surface area contributed by atoms with E-state index < -0.39 is 21.5 Å². The van der Waals surface area contributed by atoms with Gasteiger partial charge in [-0.05, 0) is 119 Å². The van der Waals surface area contributed by atoms with Crippen molar-refractivity contribution in [2.75, 3.05) is 50.2 Å². The van der Waals surface area contributed by atoms with Crippen LogP contribution in [0.4, 0.5) is 10.5 Å². The fraction of sp³-hybridized carbons (Fsp3) is 0.487. The van der Waals surface area contributed by atoms with Gasteiger partial charge in [-0.1, -0.05) is 32.0 Å². The average Bonchev–Trinajstić information content (AvgIpc) is 3.42. The molecule has 2 fully saturated rings. The summed E-state index contributed by atoms with van der Waals surface area (Å²) in [5, 5.41) is 10.1. The van der Waals surface area contributed by atoms with E-state index in [0.29, 0.717) is 31.3 Å². The van der Waals surface area contributed by atoms with E-state index in [9.17, 15) is 13.7 Å². The number of ether oxygens (including phenoxy) is 1. The molecule has 270 valence electrons. The smallest absolute Gasteiger partial charge is 0.321 e. The van der Waals surface area contributed by atoms with Crippen LogP contribution in [0.5, 0.6) is 5.88 Å². The van der Waals surface area contributed by atoms with Crippen LogP contribution < -0.4 is 9.04 Å². The Kier molecular flexibility index (Phi) is 11.0. The Morgan fingerprint density at radius 1 is 0.941 bits per heavy atom. The molecule has 12 heteroatoms. The summed E-state index contributed by atoms with van der Waals surface area (Å²) < 4.78 is 35.7. The second-order valence-electron chi connectivity index (χ2n) is 13.7. The number of pyridine rings is 1. The van der Waals surface area contributed by atoms with E-state index in [2.05, 4.69) is 22.9 Å². The molecule has 2 saturated heterocycles. The van der Waals surface area contributed by atoms with E-state index >= 15 is 9.59 Å². The number of piperidine rings is 2. The minimum atomic E-state index is -4.47. The number of fused-ring (bicyclic) bond motifs is 1. The summed E-state index contributed by atoms with van der Waals surface area (Å²) in [5.41, 5.74) is -1.23. The summed E-state index contributed by atoms with van der Waals surface area (Å²) in [6.07, 6.45) is 7.25. The number of sulfonamides is 1. The molecule has 3 aliphatic heterocycles. The third-order valence-electron chi connectivity index (χ3n) is 10.7. The summed E-state index contributed by atoms with van der Waals surface area (Å²) in [6.45, 7) is 10.7. The van der Waals surface area contributed by atoms with Crippen molar-refractivity contribution in [1.29, 1.82) is 5.26 Å². The standard InChI is InChI=1S/C39H48N6O5S/c1-4-21-42-23-16-30(17-24-42)31-18-25-43(26-19-31)38(47)44(22-5-2)39(33-13-10-20-41-36(33)50-6-3)34-27-29(28-40)14-15-35(34)45(37(39)46)51(48,49)32-11-8-7-9-12-32/h7-15,20,27,30-31H,4-6,16-19,21-26H2,1-3H3. The zero-order valence-electron chi connectivity index (χ0n) is 29.8. The van der Waals surface area contributed by atoms with Crippen molar-refractivity contribution in [3.63, 3.8) is 0 Å². The van der Waals surface area contributed by atoms with Gasteiger partial charge in [0.05, 0.1) is 34.4 Å². The van der Waals surface area contributed by atoms with Crippen molar-refractivity contribution >= 4 is 27.6 Å². The Labute approximate surface area is 301 Å². The molecule has 0 radical (unpaired) electrons. The van der Waals surface area contributed by atoms with Crippen LogP contribution in [0, 0.1) is 23.2 Å². The fourth-order valence-corrected chi connectivity index (χ4v) is 9.77. The molecule has 0 spiro atoms. The van der Waals surface area contributed by atoms with Crippen LogP contribution in [-0.4, -0.2) is 85.9 Å². The Morgan fingerprint density at radius 3 is 2.25 bits per heavy atom. The molecule has 51 heavy (non-hydrogen) atoms. The minimum absolute atomic E-state index is 0.0725. The molecule has 0 bridgehead atoms. The van der Waals surface area contributed by atoms with Crippen LogP contribution in [0.25, 0.3) is 0 Å². The number of nitriles is 1. The molecule has 2 aromatic carbocycles. The number of aromatic nitrogens is 1. The number of hydrogen-bond acceptors (Lipinski definition) is 8. The van der Waals surface area contributed by atoms with Crippen molar-refractivity contribution in [1.82, 2.24) is 19.7 Å². The third kappa shape index (κ3) is 6.58. The van der Waals surface area contributed by atoms with Crippen molar-refractivity contribution in [3.05, 3.63) is 83.6 Å². The largest absolute Gasteiger partial charge is 0.478 e. The van der Waals surface area contributed by atoms with Gasteiger partial charge in [0.25, 0.3) is 15.9 Å². The Hall–Kier alpha value is -4.47. The van der Waals surface area contributed by atoms with Gasteiger partial charge in [0.15, 0.2) is 5.54 Å². The lowest BCUT2D eigenvalue weighted by Crippen LogP contribution is -2.61. The van der Waals surface area contributed by atoms with Crippen molar-refractivity contribution in [3.8, 4) is 11.9 Å². The first kappa shape index (κ1) is 36.3. The second kappa shape index (κ2) is 15.4. The molecule has 0 aliphatic carbocycles. The summed E-state index contributed by atoms with van der Waals surface area (Å²) in [4.78, 5) is 40.8. The molecule has 3 aromatic rings. The van der Waals surface area contributed by atoms with Crippen LogP contribution in [0.15, 0.2) is 71.8 Å². The van der Waals surface area contributed by atoms with Crippen molar-refractivity contribution in [2.24, 2.45) is 11.8 Å². The minimum Gasteiger partial charge on any atom is -0.478 e. The highest BCUT2D eigenvalue weighted by molar-refractivity contribution is 7.93. The predicted molar refractivity (Wildman–Crippen MR) is 195 cm³/mol. The second-order valence-corrected chi connectivity index (χ2v) is 15.5. The molecule has 6 rings (SSSR count). The third-order valence-corrected chi connectivity index (χ3v) is 12.4. The molecule has 3 amide bonds. The highest BCUT2D eigenvalue weighted by atomic mass is 32.2. The number of urea groups is 1. The number of hydrogen-bond donors (Lipinski definition) is 0. The van der Waals surface area contributed by atoms with Gasteiger partial charge in [-0.25, -0.2) is 18.2 Å². The SMILES string of the molecule is CCCN1CCC(C2CCN(C(=O)N(CCC)C3(c4cccnc4OCC)C(=O)N(S(=O)(=O)c4ccccc4)c4ccc(C#N)cc43)CC2)CC1. The number of likely N-dealkylation sites (tertiary alicyclic amines) is 2. The molecular weight excluding hydrogens is 665 g/mol. The maximum Gasteiger partial charge on any atom is 0.321 e. The Balaban J connectivity index is 1.45. The van der Waals surface area contributed by atoms with E-state index in [4.69, 9.17) is 4.74 Å². The summed E-state index contributed by atoms with van der Waals surface area (Å²) in [7, 11) is -4.47. The molecule has 11 nitrogen and oxygen atoms in total. The predicted octanol–water partition coefficient (Wildman–Crippen LogP) is 6.00. The topological polar surface area (TPSA) is 127 Å². The van der Waals surface area contributed by atoms with Gasteiger partial charge in [-0.3, -0.25) is 4.79 Å². The number of carbonyl (C=O) groups is 2. The maximum absolute atomic E-state index is 15.5. The highest BCUT2D eigenvalue weighted by Gasteiger charge is 2.62. The van der Waals surface area contributed by atoms with Gasteiger partial charge in [-0.15, -0.1) is 0 Å². The number of amides is 3. The number of rotatable bonds is 11. The molecule has 1 unspecified atom stereocenters. The van der Waals surface area contributed by atoms with Crippen LogP contribution in [0.1, 0.15) is 76.0 Å². The molecule has 1 aromatic heterocycles. The fourth-order valence-electron chi connectivity index (χ4n) is 8.29. The lowest BCUT2D eigenvalue weighted by atomic mass is 9.78. The van der Waals surface area contributed by atoms with Gasteiger partial charge in [0.1, 0.15) is 0 Å². The number of carbonyl (C=O) groups excluding carboxylic acids is 2. The van der Waals surface area contributed by atoms with E-state index in [-0.39, 0.29) is 52.3 Å². The van der Waals surface area contributed by atoms with Crippen molar-refractivity contribution < 1.29 is 22.7 Å². The van der Waals surface area contributed by atoms with E-state index in [1.807, 2.05) is 11.8 Å². The first-order valence-electron chi connectivity index (χ1n) is 18.3. The van der Waals surface area contributed by atoms with Crippen LogP contribution >= 0.6 is 0 Å². The van der Waals surface area contributed by atoms with Crippen LogP contribution in [-0.2, 0) is 20.4 Å². The Morgan fingerprint density at radius 2 is 1.63 bits per heavy atom. The summed E-state index contributed by atoms with van der Waals surface area (Å²) in [6, 6.07) is 17.4. The van der Waals surface area contributed by atoms with Gasteiger partial charge >= 0.3 is 6.03 Å². The zero-order chi connectivity index (χ0) is 36.2. The van der Waals surface area contributed by atoms with E-state index in [0.717, 1.165) is 43.2 Å². The summed E-state index contributed by atoms with van der Waals surface area (Å²) in [5.74, 6) is 0.415. The van der Waals surface area contributed by atoms with Gasteiger partial charge in [0, 0.05) is 31.4 Å². The molecule has 1 atom stereocenters. The summed E-state index contributed by atoms with van der Waals surface area (Å²) >= 11 is 0. The van der Waals surface area contributed by atoms with E-state index in [1.165, 1.54) is 54.3 Å². The van der Waals surface area contributed by atoms with Gasteiger partial charge in [-0.2, -0.15) is 9.57 Å². The zero-order valence-corrected chi connectivity index (χ0v) is 30.6. The van der Waals surface area contributed by atoms with Crippen LogP contribution in [0.2, 0.25) is 0 Å². The lowest BCUT2D eigenvalue weighted by molar-refractivity contribution is -0.125. The maximum atomic E-state index is 15.5. The average molecular weight is 713 g/mol. The first-order chi connectivity index (χ1) is 24.7. The van der Waals surface area contributed by atoms with Crippen LogP contribution in [0.3, 0.4) is 0 Å². The Bertz CT molecular complexity index is 1870. The van der Waals surface area contributed by atoms with Crippen molar-refractivity contribution in [2.45, 2.75) is 69.7 Å². The highest BCUT2D eigenvalue weighted by Crippen LogP contribution is 2.53.